The molecule has 156 valence electrons. The van der Waals surface area contributed by atoms with Crippen LogP contribution >= 0.6 is 23.4 Å². The van der Waals surface area contributed by atoms with Crippen LogP contribution in [-0.2, 0) is 4.79 Å². The van der Waals surface area contributed by atoms with E-state index in [1.54, 1.807) is 18.2 Å². The van der Waals surface area contributed by atoms with Gasteiger partial charge in [0, 0.05) is 12.1 Å². The lowest BCUT2D eigenvalue weighted by molar-refractivity contribution is -0.134. The second-order valence-electron chi connectivity index (χ2n) is 7.72. The van der Waals surface area contributed by atoms with Crippen LogP contribution in [0.25, 0.3) is 16.6 Å². The molecule has 7 heteroatoms. The van der Waals surface area contributed by atoms with Crippen LogP contribution in [0.5, 0.6) is 0 Å². The van der Waals surface area contributed by atoms with Gasteiger partial charge in [0.1, 0.15) is 0 Å². The van der Waals surface area contributed by atoms with Crippen LogP contribution in [0.4, 0.5) is 0 Å². The van der Waals surface area contributed by atoms with Gasteiger partial charge in [-0.3, -0.25) is 14.2 Å². The van der Waals surface area contributed by atoms with E-state index < -0.39 is 0 Å². The molecule has 1 amide bonds. The first-order valence-electron chi connectivity index (χ1n) is 10.2. The smallest absolute Gasteiger partial charge is 0.266 e. The summed E-state index contributed by atoms with van der Waals surface area (Å²) in [6.45, 7) is 4.21. The van der Waals surface area contributed by atoms with Crippen LogP contribution in [0, 0.1) is 0 Å². The second kappa shape index (κ2) is 8.82. The highest BCUT2D eigenvalue weighted by Crippen LogP contribution is 2.28. The largest absolute Gasteiger partial charge is 0.337 e. The van der Waals surface area contributed by atoms with E-state index in [4.69, 9.17) is 16.6 Å². The number of nitrogens with zero attached hydrogens (tertiary/aromatic N) is 3. The Bertz CT molecular complexity index is 1140. The van der Waals surface area contributed by atoms with Crippen LogP contribution in [0.15, 0.2) is 58.5 Å². The Hall–Kier alpha value is -2.31. The van der Waals surface area contributed by atoms with Gasteiger partial charge in [-0.2, -0.15) is 0 Å². The van der Waals surface area contributed by atoms with Crippen LogP contribution in [0.3, 0.4) is 0 Å². The molecule has 1 aromatic heterocycles. The minimum atomic E-state index is -0.191. The summed E-state index contributed by atoms with van der Waals surface area (Å²) in [5.41, 5.74) is 0.987. The van der Waals surface area contributed by atoms with Crippen LogP contribution in [0.1, 0.15) is 33.1 Å². The fraction of sp³-hybridized carbons (Fsp3) is 0.348. The first kappa shape index (κ1) is 20.9. The number of halogens is 1. The van der Waals surface area contributed by atoms with Crippen molar-refractivity contribution in [2.45, 2.75) is 50.4 Å². The average Bonchev–Trinajstić information content (AvgIpc) is 2.73. The first-order chi connectivity index (χ1) is 14.5. The molecular weight excluding hydrogens is 418 g/mol. The fourth-order valence-corrected chi connectivity index (χ4v) is 5.26. The maximum Gasteiger partial charge on any atom is 0.266 e. The number of benzene rings is 2. The Balaban J connectivity index is 1.73. The summed E-state index contributed by atoms with van der Waals surface area (Å²) < 4.78 is 1.52. The van der Waals surface area contributed by atoms with Crippen LogP contribution in [-0.4, -0.2) is 38.2 Å². The maximum atomic E-state index is 13.3. The third-order valence-electron chi connectivity index (χ3n) is 5.64. The molecule has 2 atom stereocenters. The van der Waals surface area contributed by atoms with Crippen LogP contribution in [0.2, 0.25) is 5.02 Å². The molecule has 0 aliphatic carbocycles. The van der Waals surface area contributed by atoms with Crippen molar-refractivity contribution in [1.82, 2.24) is 14.5 Å². The van der Waals surface area contributed by atoms with Gasteiger partial charge in [-0.15, -0.1) is 0 Å². The van der Waals surface area contributed by atoms with Crippen LogP contribution < -0.4 is 5.56 Å². The summed E-state index contributed by atoms with van der Waals surface area (Å²) >= 11 is 7.69. The molecule has 2 heterocycles. The Morgan fingerprint density at radius 2 is 1.77 bits per heavy atom. The molecule has 1 aliphatic rings. The van der Waals surface area contributed by atoms with Gasteiger partial charge >= 0.3 is 0 Å². The zero-order valence-electron chi connectivity index (χ0n) is 17.0. The van der Waals surface area contributed by atoms with Gasteiger partial charge in [0.2, 0.25) is 5.91 Å². The minimum Gasteiger partial charge on any atom is -0.337 e. The van der Waals surface area contributed by atoms with Gasteiger partial charge in [-0.05, 0) is 57.4 Å². The summed E-state index contributed by atoms with van der Waals surface area (Å²) in [6, 6.07) is 14.9. The normalized spacial score (nSPS) is 19.2. The van der Waals surface area contributed by atoms with Gasteiger partial charge < -0.3 is 4.90 Å². The molecule has 2 unspecified atom stereocenters. The number of piperidine rings is 1. The van der Waals surface area contributed by atoms with Crippen molar-refractivity contribution >= 4 is 40.2 Å². The minimum absolute atomic E-state index is 0.0767. The van der Waals surface area contributed by atoms with E-state index in [0.717, 1.165) is 19.3 Å². The molecule has 0 saturated carbocycles. The zero-order chi connectivity index (χ0) is 21.3. The number of fused-ring (bicyclic) bond motifs is 1. The summed E-state index contributed by atoms with van der Waals surface area (Å²) in [5, 5.41) is 1.45. The van der Waals surface area contributed by atoms with Crippen molar-refractivity contribution in [2.24, 2.45) is 0 Å². The lowest BCUT2D eigenvalue weighted by Gasteiger charge is -2.39. The van der Waals surface area contributed by atoms with Gasteiger partial charge in [-0.1, -0.05) is 47.6 Å². The third kappa shape index (κ3) is 3.98. The molecular formula is C23H24ClN3O2S. The third-order valence-corrected chi connectivity index (χ3v) is 6.89. The van der Waals surface area contributed by atoms with E-state index in [1.807, 2.05) is 35.2 Å². The number of amides is 1. The predicted octanol–water partition coefficient (Wildman–Crippen LogP) is 4.92. The van der Waals surface area contributed by atoms with Crippen molar-refractivity contribution in [3.05, 3.63) is 63.9 Å². The molecule has 1 saturated heterocycles. The average molecular weight is 442 g/mol. The molecule has 2 aromatic carbocycles. The number of para-hydroxylation sites is 2. The molecule has 3 aromatic rings. The fourth-order valence-electron chi connectivity index (χ4n) is 4.17. The Labute approximate surface area is 185 Å². The number of hydrogen-bond acceptors (Lipinski definition) is 4. The van der Waals surface area contributed by atoms with Crippen molar-refractivity contribution in [2.75, 3.05) is 5.75 Å². The molecule has 0 radical (unpaired) electrons. The van der Waals surface area contributed by atoms with E-state index in [0.29, 0.717) is 26.8 Å². The van der Waals surface area contributed by atoms with E-state index in [1.165, 1.54) is 16.3 Å². The van der Waals surface area contributed by atoms with E-state index in [9.17, 15) is 9.59 Å². The SMILES string of the molecule is CC1CCCC(C)N1C(=O)CSc1nc2ccccc2c(=O)n1-c1ccccc1Cl. The molecule has 4 rings (SSSR count). The van der Waals surface area contributed by atoms with E-state index in [-0.39, 0.29) is 29.3 Å². The molecule has 1 fully saturated rings. The lowest BCUT2D eigenvalue weighted by atomic mass is 9.98. The number of carbonyl (C=O) groups excluding carboxylic acids is 1. The number of carbonyl (C=O) groups is 1. The quantitative estimate of drug-likeness (QED) is 0.426. The summed E-state index contributed by atoms with van der Waals surface area (Å²) in [5.74, 6) is 0.303. The van der Waals surface area contributed by atoms with Crippen molar-refractivity contribution < 1.29 is 4.79 Å². The molecule has 1 aliphatic heterocycles. The highest BCUT2D eigenvalue weighted by molar-refractivity contribution is 7.99. The van der Waals surface area contributed by atoms with Crippen molar-refractivity contribution in [1.29, 1.82) is 0 Å². The molecule has 30 heavy (non-hydrogen) atoms. The highest BCUT2D eigenvalue weighted by Gasteiger charge is 2.29. The van der Waals surface area contributed by atoms with E-state index >= 15 is 0 Å². The number of rotatable bonds is 4. The number of likely N-dealkylation sites (tertiary alicyclic amines) is 1. The Morgan fingerprint density at radius 1 is 1.10 bits per heavy atom. The van der Waals surface area contributed by atoms with Crippen molar-refractivity contribution in [3.63, 3.8) is 0 Å². The standard InChI is InChI=1S/C23H24ClN3O2S/c1-15-8-7-9-16(2)26(15)21(28)14-30-23-25-19-12-5-3-10-17(19)22(29)27(23)20-13-6-4-11-18(20)24/h3-6,10-13,15-16H,7-9,14H2,1-2H3. The van der Waals surface area contributed by atoms with Crippen molar-refractivity contribution in [3.8, 4) is 5.69 Å². The Kier molecular flexibility index (Phi) is 6.16. The molecule has 0 spiro atoms. The maximum absolute atomic E-state index is 13.3. The first-order valence-corrected chi connectivity index (χ1v) is 11.5. The molecule has 0 N–H and O–H groups in total. The monoisotopic (exact) mass is 441 g/mol. The Morgan fingerprint density at radius 3 is 2.50 bits per heavy atom. The van der Waals surface area contributed by atoms with E-state index in [2.05, 4.69) is 13.8 Å². The van der Waals surface area contributed by atoms with Gasteiger partial charge in [0.15, 0.2) is 5.16 Å². The summed E-state index contributed by atoms with van der Waals surface area (Å²) in [7, 11) is 0. The topological polar surface area (TPSA) is 55.2 Å². The molecule has 5 nitrogen and oxygen atoms in total. The highest BCUT2D eigenvalue weighted by atomic mass is 35.5. The lowest BCUT2D eigenvalue weighted by Crippen LogP contribution is -2.48. The van der Waals surface area contributed by atoms with Gasteiger partial charge in [0.25, 0.3) is 5.56 Å². The van der Waals surface area contributed by atoms with Gasteiger partial charge in [-0.25, -0.2) is 4.98 Å². The summed E-state index contributed by atoms with van der Waals surface area (Å²) in [4.78, 5) is 33.0. The van der Waals surface area contributed by atoms with Gasteiger partial charge in [0.05, 0.1) is 27.4 Å². The zero-order valence-corrected chi connectivity index (χ0v) is 18.6. The number of thioether (sulfide) groups is 1. The number of aromatic nitrogens is 2. The second-order valence-corrected chi connectivity index (χ2v) is 9.07. The predicted molar refractivity (Wildman–Crippen MR) is 123 cm³/mol. The summed E-state index contributed by atoms with van der Waals surface area (Å²) in [6.07, 6.45) is 3.20. The molecule has 0 bridgehead atoms. The number of hydrogen-bond donors (Lipinski definition) is 0.